The number of piperidine rings is 1. The first-order chi connectivity index (χ1) is 14.2. The van der Waals surface area contributed by atoms with E-state index in [9.17, 15) is 5.11 Å². The van der Waals surface area contributed by atoms with E-state index in [4.69, 9.17) is 10.7 Å². The van der Waals surface area contributed by atoms with Crippen LogP contribution in [0.15, 0.2) is 36.5 Å². The van der Waals surface area contributed by atoms with Gasteiger partial charge in [-0.25, -0.2) is 4.98 Å². The number of hydrogen-bond acceptors (Lipinski definition) is 6. The number of aromatic nitrogens is 3. The molecule has 0 spiro atoms. The summed E-state index contributed by atoms with van der Waals surface area (Å²) >= 11 is 0. The number of fused-ring (bicyclic) bond motifs is 1. The van der Waals surface area contributed by atoms with Crippen LogP contribution in [0.1, 0.15) is 43.7 Å². The first-order valence-electron chi connectivity index (χ1n) is 10.5. The molecule has 1 atom stereocenters. The van der Waals surface area contributed by atoms with Crippen LogP contribution >= 0.6 is 0 Å². The van der Waals surface area contributed by atoms with Crippen LogP contribution in [0.2, 0.25) is 0 Å². The number of aliphatic hydroxyl groups is 1. The molecule has 0 aliphatic carbocycles. The molecule has 1 fully saturated rings. The number of hydrogen-bond donors (Lipinski definition) is 3. The van der Waals surface area contributed by atoms with Crippen LogP contribution in [0.25, 0.3) is 5.65 Å². The second kappa shape index (κ2) is 8.69. The number of rotatable bonds is 7. The van der Waals surface area contributed by atoms with Crippen molar-refractivity contribution in [1.29, 1.82) is 0 Å². The molecule has 0 saturated carbocycles. The quantitative estimate of drug-likeness (QED) is 0.533. The Kier molecular flexibility index (Phi) is 5.85. The SMILES string of the molecule is CCc1cnn2c(NCc3cccc(N)c3)cc(N3CCCC[C@@H]3CCO)nc12. The molecular formula is C22H30N6O. The molecule has 4 N–H and O–H groups in total. The Hall–Kier alpha value is -2.80. The lowest BCUT2D eigenvalue weighted by atomic mass is 9.99. The third-order valence-corrected chi connectivity index (χ3v) is 5.72. The van der Waals surface area contributed by atoms with E-state index in [1.165, 1.54) is 6.42 Å². The topological polar surface area (TPSA) is 91.7 Å². The molecule has 0 amide bonds. The van der Waals surface area contributed by atoms with Crippen LogP contribution < -0.4 is 16.0 Å². The van der Waals surface area contributed by atoms with Crippen LogP contribution in [0.3, 0.4) is 0 Å². The molecule has 0 unspecified atom stereocenters. The van der Waals surface area contributed by atoms with Gasteiger partial charge in [-0.3, -0.25) is 0 Å². The van der Waals surface area contributed by atoms with Gasteiger partial charge in [0.15, 0.2) is 5.65 Å². The summed E-state index contributed by atoms with van der Waals surface area (Å²) in [6.45, 7) is 3.96. The highest BCUT2D eigenvalue weighted by molar-refractivity contribution is 5.61. The zero-order valence-corrected chi connectivity index (χ0v) is 17.0. The predicted octanol–water partition coefficient (Wildman–Crippen LogP) is 3.23. The normalized spacial score (nSPS) is 17.0. The largest absolute Gasteiger partial charge is 0.399 e. The van der Waals surface area contributed by atoms with Crippen molar-refractivity contribution in [3.8, 4) is 0 Å². The highest BCUT2D eigenvalue weighted by Crippen LogP contribution is 2.29. The number of nitrogens with one attached hydrogen (secondary N) is 1. The zero-order chi connectivity index (χ0) is 20.2. The van der Waals surface area contributed by atoms with Gasteiger partial charge < -0.3 is 21.1 Å². The van der Waals surface area contributed by atoms with Crippen molar-refractivity contribution in [1.82, 2.24) is 14.6 Å². The van der Waals surface area contributed by atoms with Gasteiger partial charge in [0.05, 0.1) is 6.20 Å². The minimum atomic E-state index is 0.205. The molecule has 4 rings (SSSR count). The Balaban J connectivity index is 1.69. The first kappa shape index (κ1) is 19.5. The number of nitrogen functional groups attached to an aromatic ring is 1. The van der Waals surface area contributed by atoms with Crippen LogP contribution in [0, 0.1) is 0 Å². The van der Waals surface area contributed by atoms with Gasteiger partial charge in [0.2, 0.25) is 0 Å². The van der Waals surface area contributed by atoms with E-state index in [2.05, 4.69) is 34.4 Å². The van der Waals surface area contributed by atoms with Gasteiger partial charge in [0.1, 0.15) is 11.6 Å². The standard InChI is InChI=1S/C22H30N6O/c1-2-17-15-25-28-20(24-14-16-6-5-7-18(23)12-16)13-21(26-22(17)28)27-10-4-3-8-19(27)9-11-29/h5-7,12-13,15,19,24,29H,2-4,8-11,14,23H2,1H3/t19-/m1/s1. The minimum absolute atomic E-state index is 0.205. The van der Waals surface area contributed by atoms with Crippen LogP contribution in [0.5, 0.6) is 0 Å². The number of aryl methyl sites for hydroxylation is 1. The Morgan fingerprint density at radius 3 is 2.97 bits per heavy atom. The molecule has 29 heavy (non-hydrogen) atoms. The van der Waals surface area contributed by atoms with Crippen LogP contribution in [0.4, 0.5) is 17.3 Å². The summed E-state index contributed by atoms with van der Waals surface area (Å²) in [6.07, 6.45) is 7.02. The smallest absolute Gasteiger partial charge is 0.162 e. The van der Waals surface area contributed by atoms with Gasteiger partial charge in [-0.05, 0) is 49.8 Å². The van der Waals surface area contributed by atoms with Gasteiger partial charge in [0, 0.05) is 43.1 Å². The summed E-state index contributed by atoms with van der Waals surface area (Å²) in [5.41, 5.74) is 9.84. The zero-order valence-electron chi connectivity index (χ0n) is 17.0. The van der Waals surface area contributed by atoms with E-state index in [-0.39, 0.29) is 6.61 Å². The molecule has 1 aromatic carbocycles. The highest BCUT2D eigenvalue weighted by Gasteiger charge is 2.24. The maximum absolute atomic E-state index is 9.51. The molecule has 0 bridgehead atoms. The van der Waals surface area contributed by atoms with Crippen molar-refractivity contribution in [3.63, 3.8) is 0 Å². The maximum Gasteiger partial charge on any atom is 0.162 e. The number of benzene rings is 1. The van der Waals surface area contributed by atoms with E-state index >= 15 is 0 Å². The van der Waals surface area contributed by atoms with E-state index in [0.29, 0.717) is 12.6 Å². The molecule has 7 heteroatoms. The Labute approximate surface area is 171 Å². The lowest BCUT2D eigenvalue weighted by Gasteiger charge is -2.36. The first-order valence-corrected chi connectivity index (χ1v) is 10.5. The van der Waals surface area contributed by atoms with E-state index < -0.39 is 0 Å². The number of nitrogens with two attached hydrogens (primary N) is 1. The fourth-order valence-corrected chi connectivity index (χ4v) is 4.17. The van der Waals surface area contributed by atoms with Crippen molar-refractivity contribution >= 4 is 23.0 Å². The van der Waals surface area contributed by atoms with Crippen molar-refractivity contribution in [2.75, 3.05) is 29.1 Å². The summed E-state index contributed by atoms with van der Waals surface area (Å²) in [4.78, 5) is 7.34. The van der Waals surface area contributed by atoms with Crippen LogP contribution in [-0.4, -0.2) is 38.9 Å². The molecule has 2 aromatic heterocycles. The van der Waals surface area contributed by atoms with E-state index in [0.717, 1.165) is 66.3 Å². The summed E-state index contributed by atoms with van der Waals surface area (Å²) < 4.78 is 1.89. The average molecular weight is 395 g/mol. The maximum atomic E-state index is 9.51. The van der Waals surface area contributed by atoms with E-state index in [1.807, 2.05) is 28.9 Å². The lowest BCUT2D eigenvalue weighted by molar-refractivity contribution is 0.262. The lowest BCUT2D eigenvalue weighted by Crippen LogP contribution is -2.40. The second-order valence-corrected chi connectivity index (χ2v) is 7.71. The highest BCUT2D eigenvalue weighted by atomic mass is 16.3. The molecule has 1 aliphatic rings. The molecule has 1 saturated heterocycles. The van der Waals surface area contributed by atoms with Gasteiger partial charge in [0.25, 0.3) is 0 Å². The minimum Gasteiger partial charge on any atom is -0.399 e. The van der Waals surface area contributed by atoms with Crippen LogP contribution in [-0.2, 0) is 13.0 Å². The average Bonchev–Trinajstić information content (AvgIpc) is 3.16. The molecule has 7 nitrogen and oxygen atoms in total. The second-order valence-electron chi connectivity index (χ2n) is 7.71. The number of anilines is 3. The summed E-state index contributed by atoms with van der Waals surface area (Å²) in [5, 5.41) is 17.6. The fourth-order valence-electron chi connectivity index (χ4n) is 4.17. The number of nitrogens with zero attached hydrogens (tertiary/aromatic N) is 4. The summed E-state index contributed by atoms with van der Waals surface area (Å²) in [5.74, 6) is 1.88. The number of aliphatic hydroxyl groups excluding tert-OH is 1. The third-order valence-electron chi connectivity index (χ3n) is 5.72. The molecule has 0 radical (unpaired) electrons. The monoisotopic (exact) mass is 394 g/mol. The van der Waals surface area contributed by atoms with Crippen molar-refractivity contribution in [2.45, 2.75) is 51.6 Å². The predicted molar refractivity (Wildman–Crippen MR) is 117 cm³/mol. The molecular weight excluding hydrogens is 364 g/mol. The third kappa shape index (κ3) is 4.15. The summed E-state index contributed by atoms with van der Waals surface area (Å²) in [7, 11) is 0. The Bertz CT molecular complexity index is 967. The van der Waals surface area contributed by atoms with E-state index in [1.54, 1.807) is 0 Å². The Morgan fingerprint density at radius 2 is 2.17 bits per heavy atom. The Morgan fingerprint density at radius 1 is 1.28 bits per heavy atom. The molecule has 1 aliphatic heterocycles. The van der Waals surface area contributed by atoms with Crippen molar-refractivity contribution in [2.24, 2.45) is 0 Å². The molecule has 3 aromatic rings. The molecule has 154 valence electrons. The fraction of sp³-hybridized carbons (Fsp3) is 0.455. The van der Waals surface area contributed by atoms with Crippen molar-refractivity contribution < 1.29 is 5.11 Å². The van der Waals surface area contributed by atoms with Gasteiger partial charge in [-0.15, -0.1) is 0 Å². The van der Waals surface area contributed by atoms with Gasteiger partial charge in [-0.1, -0.05) is 19.1 Å². The molecule has 3 heterocycles. The van der Waals surface area contributed by atoms with Gasteiger partial charge >= 0.3 is 0 Å². The summed E-state index contributed by atoms with van der Waals surface area (Å²) in [6, 6.07) is 10.3. The van der Waals surface area contributed by atoms with Gasteiger partial charge in [-0.2, -0.15) is 9.61 Å². The van der Waals surface area contributed by atoms with Crippen molar-refractivity contribution in [3.05, 3.63) is 47.7 Å².